The molecule has 0 heterocycles. The Kier molecular flexibility index (Phi) is 49.1. The van der Waals surface area contributed by atoms with Crippen LogP contribution in [0.5, 0.6) is 0 Å². The summed E-state index contributed by atoms with van der Waals surface area (Å²) in [5.41, 5.74) is 0. The highest BCUT2D eigenvalue weighted by atomic mass is 16.5. The molecule has 3 atom stereocenters. The van der Waals surface area contributed by atoms with Crippen molar-refractivity contribution in [2.45, 2.75) is 277 Å². The van der Waals surface area contributed by atoms with Gasteiger partial charge in [0.2, 0.25) is 5.91 Å². The molecule has 0 aliphatic carbocycles. The predicted molar refractivity (Wildman–Crippen MR) is 278 cm³/mol. The quantitative estimate of drug-likeness (QED) is 0.0321. The van der Waals surface area contributed by atoms with Crippen LogP contribution < -0.4 is 5.32 Å². The summed E-state index contributed by atoms with van der Waals surface area (Å²) in [5, 5.41) is 23.8. The third kappa shape index (κ3) is 45.9. The van der Waals surface area contributed by atoms with E-state index in [1.807, 2.05) is 0 Å². The predicted octanol–water partition coefficient (Wildman–Crippen LogP) is 16.6. The zero-order valence-corrected chi connectivity index (χ0v) is 42.1. The van der Waals surface area contributed by atoms with Crippen molar-refractivity contribution in [2.75, 3.05) is 6.61 Å². The second-order valence-electron chi connectivity index (χ2n) is 18.2. The molecule has 0 spiro atoms. The standard InChI is InChI=1S/C58H103NO5/c1-4-7-10-13-16-19-22-25-28-29-30-32-35-38-41-44-47-50-56(61)55(53-60)59-57(62)52-54(49-46-43-40-37-34-31-26-23-20-17-14-11-8-5-2)64-58(63)51-48-45-42-39-36-33-27-24-21-18-15-12-9-6-3/h8-9,11-12,17-18,20-21,26-27,31,33,54-56,60-61H,4-7,10,13-16,19,22-25,28-30,32,34-53H2,1-3H3,(H,59,62)/b11-8+,12-9+,20-17+,21-18+,31-26+,33-27+. The number of carbonyl (C=O) groups is 2. The van der Waals surface area contributed by atoms with E-state index in [0.29, 0.717) is 19.3 Å². The summed E-state index contributed by atoms with van der Waals surface area (Å²) in [7, 11) is 0. The van der Waals surface area contributed by atoms with E-state index in [-0.39, 0.29) is 24.9 Å². The van der Waals surface area contributed by atoms with E-state index in [2.05, 4.69) is 99.0 Å². The molecule has 0 radical (unpaired) electrons. The van der Waals surface area contributed by atoms with Crippen LogP contribution in [-0.4, -0.2) is 46.9 Å². The first-order valence-corrected chi connectivity index (χ1v) is 27.2. The minimum atomic E-state index is -0.801. The Bertz CT molecular complexity index is 1190. The Morgan fingerprint density at radius 1 is 0.469 bits per heavy atom. The smallest absolute Gasteiger partial charge is 0.306 e. The van der Waals surface area contributed by atoms with Crippen LogP contribution in [0.15, 0.2) is 72.9 Å². The van der Waals surface area contributed by atoms with E-state index in [9.17, 15) is 19.8 Å². The zero-order chi connectivity index (χ0) is 46.7. The van der Waals surface area contributed by atoms with Crippen molar-refractivity contribution in [3.63, 3.8) is 0 Å². The van der Waals surface area contributed by atoms with Crippen LogP contribution in [-0.2, 0) is 14.3 Å². The Morgan fingerprint density at radius 2 is 0.844 bits per heavy atom. The van der Waals surface area contributed by atoms with Gasteiger partial charge in [-0.2, -0.15) is 0 Å². The number of hydrogen-bond acceptors (Lipinski definition) is 5. The molecule has 0 saturated carbocycles. The van der Waals surface area contributed by atoms with Crippen LogP contribution in [0, 0.1) is 0 Å². The van der Waals surface area contributed by atoms with Crippen molar-refractivity contribution >= 4 is 11.9 Å². The number of aliphatic hydroxyl groups excluding tert-OH is 2. The summed E-state index contributed by atoms with van der Waals surface area (Å²) in [6.45, 7) is 6.26. The SMILES string of the molecule is CC/C=C/C/C=C/C/C=C/CCCCCCC(=O)OC(CCCCCC/C=C/C/C=C/C/C=C/CC)CC(=O)NC(CO)C(O)CCCCCCCCCCCCCCCCCCC. The summed E-state index contributed by atoms with van der Waals surface area (Å²) in [6.07, 6.45) is 65.4. The number of esters is 1. The first-order valence-electron chi connectivity index (χ1n) is 27.2. The van der Waals surface area contributed by atoms with Gasteiger partial charge in [-0.25, -0.2) is 0 Å². The third-order valence-corrected chi connectivity index (χ3v) is 12.0. The van der Waals surface area contributed by atoms with Crippen molar-refractivity contribution in [3.8, 4) is 0 Å². The fraction of sp³-hybridized carbons (Fsp3) is 0.759. The van der Waals surface area contributed by atoms with Gasteiger partial charge in [-0.15, -0.1) is 0 Å². The maximum atomic E-state index is 13.2. The molecule has 1 amide bonds. The largest absolute Gasteiger partial charge is 0.462 e. The number of nitrogens with one attached hydrogen (secondary N) is 1. The van der Waals surface area contributed by atoms with E-state index >= 15 is 0 Å². The Balaban J connectivity index is 4.59. The van der Waals surface area contributed by atoms with Gasteiger partial charge in [-0.05, 0) is 89.9 Å². The molecular formula is C58H103NO5. The van der Waals surface area contributed by atoms with Gasteiger partial charge in [-0.3, -0.25) is 9.59 Å². The van der Waals surface area contributed by atoms with E-state index in [0.717, 1.165) is 122 Å². The summed E-state index contributed by atoms with van der Waals surface area (Å²) < 4.78 is 5.92. The van der Waals surface area contributed by atoms with Crippen LogP contribution in [0.1, 0.15) is 258 Å². The molecule has 0 fully saturated rings. The fourth-order valence-electron chi connectivity index (χ4n) is 7.99. The van der Waals surface area contributed by atoms with Gasteiger partial charge in [0.05, 0.1) is 25.2 Å². The third-order valence-electron chi connectivity index (χ3n) is 12.0. The van der Waals surface area contributed by atoms with Crippen molar-refractivity contribution in [1.29, 1.82) is 0 Å². The van der Waals surface area contributed by atoms with Crippen LogP contribution >= 0.6 is 0 Å². The van der Waals surface area contributed by atoms with Gasteiger partial charge >= 0.3 is 5.97 Å². The first-order chi connectivity index (χ1) is 31.5. The first kappa shape index (κ1) is 61.3. The number of ether oxygens (including phenoxy) is 1. The summed E-state index contributed by atoms with van der Waals surface area (Å²) in [6, 6.07) is -0.717. The Labute approximate surface area is 396 Å². The van der Waals surface area contributed by atoms with Gasteiger partial charge in [-0.1, -0.05) is 229 Å². The molecule has 0 rings (SSSR count). The fourth-order valence-corrected chi connectivity index (χ4v) is 7.99. The molecule has 0 aromatic rings. The van der Waals surface area contributed by atoms with Crippen molar-refractivity contribution in [1.82, 2.24) is 5.32 Å². The molecule has 6 nitrogen and oxygen atoms in total. The van der Waals surface area contributed by atoms with Gasteiger partial charge in [0.15, 0.2) is 0 Å². The topological polar surface area (TPSA) is 95.9 Å². The van der Waals surface area contributed by atoms with Gasteiger partial charge in [0, 0.05) is 6.42 Å². The van der Waals surface area contributed by atoms with E-state index in [1.54, 1.807) is 0 Å². The van der Waals surface area contributed by atoms with Crippen LogP contribution in [0.2, 0.25) is 0 Å². The molecule has 6 heteroatoms. The minimum absolute atomic E-state index is 0.0511. The van der Waals surface area contributed by atoms with Crippen LogP contribution in [0.3, 0.4) is 0 Å². The highest BCUT2D eigenvalue weighted by Gasteiger charge is 2.24. The average molecular weight is 894 g/mol. The lowest BCUT2D eigenvalue weighted by Gasteiger charge is -2.24. The molecular weight excluding hydrogens is 791 g/mol. The second kappa shape index (κ2) is 51.3. The molecule has 3 N–H and O–H groups in total. The Morgan fingerprint density at radius 3 is 1.28 bits per heavy atom. The van der Waals surface area contributed by atoms with Gasteiger partial charge < -0.3 is 20.3 Å². The molecule has 3 unspecified atom stereocenters. The summed E-state index contributed by atoms with van der Waals surface area (Å²) in [4.78, 5) is 26.2. The molecule has 0 aromatic heterocycles. The minimum Gasteiger partial charge on any atom is -0.462 e. The van der Waals surface area contributed by atoms with Gasteiger partial charge in [0.25, 0.3) is 0 Å². The van der Waals surface area contributed by atoms with Gasteiger partial charge in [0.1, 0.15) is 6.10 Å². The monoisotopic (exact) mass is 894 g/mol. The maximum Gasteiger partial charge on any atom is 0.306 e. The van der Waals surface area contributed by atoms with E-state index in [1.165, 1.54) is 89.9 Å². The highest BCUT2D eigenvalue weighted by molar-refractivity contribution is 5.77. The molecule has 0 bridgehead atoms. The molecule has 64 heavy (non-hydrogen) atoms. The van der Waals surface area contributed by atoms with E-state index in [4.69, 9.17) is 4.74 Å². The van der Waals surface area contributed by atoms with Crippen LogP contribution in [0.25, 0.3) is 0 Å². The summed E-state index contributed by atoms with van der Waals surface area (Å²) in [5.74, 6) is -0.521. The normalized spacial score (nSPS) is 13.8. The summed E-state index contributed by atoms with van der Waals surface area (Å²) >= 11 is 0. The molecule has 0 aliphatic rings. The number of rotatable bonds is 48. The number of hydrogen-bond donors (Lipinski definition) is 3. The van der Waals surface area contributed by atoms with E-state index < -0.39 is 18.2 Å². The average Bonchev–Trinajstić information content (AvgIpc) is 3.29. The molecule has 0 aliphatic heterocycles. The number of aliphatic hydroxyl groups is 2. The lowest BCUT2D eigenvalue weighted by molar-refractivity contribution is -0.151. The number of allylic oxidation sites excluding steroid dienone is 12. The maximum absolute atomic E-state index is 13.2. The number of amides is 1. The van der Waals surface area contributed by atoms with Crippen molar-refractivity contribution < 1.29 is 24.5 Å². The van der Waals surface area contributed by atoms with Crippen molar-refractivity contribution in [2.24, 2.45) is 0 Å². The lowest BCUT2D eigenvalue weighted by Crippen LogP contribution is -2.46. The second-order valence-corrected chi connectivity index (χ2v) is 18.2. The number of carbonyl (C=O) groups excluding carboxylic acids is 2. The zero-order valence-electron chi connectivity index (χ0n) is 42.1. The Hall–Kier alpha value is -2.70. The lowest BCUT2D eigenvalue weighted by atomic mass is 10.0. The van der Waals surface area contributed by atoms with Crippen molar-refractivity contribution in [3.05, 3.63) is 72.9 Å². The molecule has 370 valence electrons. The number of unbranched alkanes of at least 4 members (excludes halogenated alkanes) is 24. The molecule has 0 saturated heterocycles. The highest BCUT2D eigenvalue weighted by Crippen LogP contribution is 2.18. The molecule has 0 aromatic carbocycles. The van der Waals surface area contributed by atoms with Crippen LogP contribution in [0.4, 0.5) is 0 Å².